The van der Waals surface area contributed by atoms with Crippen LogP contribution in [-0.2, 0) is 0 Å². The molecule has 1 aromatic heterocycles. The van der Waals surface area contributed by atoms with Crippen molar-refractivity contribution in [2.45, 2.75) is 6.92 Å². The summed E-state index contributed by atoms with van der Waals surface area (Å²) in [6.45, 7) is 1.94. The summed E-state index contributed by atoms with van der Waals surface area (Å²) in [5.74, 6) is -3.89. The van der Waals surface area contributed by atoms with Crippen molar-refractivity contribution in [3.05, 3.63) is 23.6 Å². The van der Waals surface area contributed by atoms with E-state index in [-0.39, 0.29) is 19.0 Å². The van der Waals surface area contributed by atoms with E-state index in [1.54, 1.807) is 6.92 Å². The summed E-state index contributed by atoms with van der Waals surface area (Å²) in [5, 5.41) is 8.68. The number of pyridine rings is 1. The number of likely N-dealkylation sites (N-methyl/N-ethyl adjacent to an activating group) is 1. The lowest BCUT2D eigenvalue weighted by Gasteiger charge is -2.20. The van der Waals surface area contributed by atoms with Gasteiger partial charge in [-0.2, -0.15) is 9.37 Å². The molecule has 0 saturated heterocycles. The molecule has 15 heavy (non-hydrogen) atoms. The van der Waals surface area contributed by atoms with Gasteiger partial charge in [-0.25, -0.2) is 8.78 Å². The molecule has 1 heterocycles. The van der Waals surface area contributed by atoms with Gasteiger partial charge in [0.25, 0.3) is 5.95 Å². The van der Waals surface area contributed by atoms with Crippen LogP contribution in [0.4, 0.5) is 19.0 Å². The van der Waals surface area contributed by atoms with Crippen LogP contribution in [0, 0.1) is 17.6 Å². The van der Waals surface area contributed by atoms with Gasteiger partial charge in [-0.05, 0) is 6.92 Å². The molecule has 1 aromatic rings. The van der Waals surface area contributed by atoms with Gasteiger partial charge < -0.3 is 10.0 Å². The third-order valence-corrected chi connectivity index (χ3v) is 1.92. The van der Waals surface area contributed by atoms with Gasteiger partial charge in [0.1, 0.15) is 0 Å². The molecule has 0 amide bonds. The molecule has 0 fully saturated rings. The lowest BCUT2D eigenvalue weighted by Crippen LogP contribution is -2.28. The molecule has 0 aromatic carbocycles. The second-order valence-electron chi connectivity index (χ2n) is 2.87. The molecule has 0 aliphatic rings. The smallest absolute Gasteiger partial charge is 0.251 e. The van der Waals surface area contributed by atoms with E-state index in [0.29, 0.717) is 12.6 Å². The highest BCUT2D eigenvalue weighted by molar-refractivity contribution is 5.39. The fourth-order valence-corrected chi connectivity index (χ4v) is 1.19. The lowest BCUT2D eigenvalue weighted by atomic mass is 10.3. The molecule has 0 aliphatic heterocycles. The number of aliphatic hydroxyl groups excluding tert-OH is 1. The average molecular weight is 220 g/mol. The van der Waals surface area contributed by atoms with E-state index < -0.39 is 17.6 Å². The molecule has 0 saturated carbocycles. The number of hydrogen-bond acceptors (Lipinski definition) is 3. The summed E-state index contributed by atoms with van der Waals surface area (Å²) in [7, 11) is 0. The SMILES string of the molecule is CCN(CCO)c1nc(F)c(F)cc1F. The first-order valence-electron chi connectivity index (χ1n) is 4.47. The Hall–Kier alpha value is -1.30. The molecule has 1 N–H and O–H groups in total. The zero-order valence-corrected chi connectivity index (χ0v) is 8.17. The Kier molecular flexibility index (Phi) is 3.90. The van der Waals surface area contributed by atoms with Crippen LogP contribution in [0.5, 0.6) is 0 Å². The molecule has 0 atom stereocenters. The lowest BCUT2D eigenvalue weighted by molar-refractivity contribution is 0.301. The quantitative estimate of drug-likeness (QED) is 0.777. The highest BCUT2D eigenvalue weighted by Gasteiger charge is 2.15. The Bertz CT molecular complexity index is 346. The van der Waals surface area contributed by atoms with Gasteiger partial charge in [0.2, 0.25) is 0 Å². The summed E-state index contributed by atoms with van der Waals surface area (Å²) >= 11 is 0. The van der Waals surface area contributed by atoms with Gasteiger partial charge in [-0.3, -0.25) is 0 Å². The standard InChI is InChI=1S/C9H11F3N2O/c1-2-14(3-4-15)9-7(11)5-6(10)8(12)13-9/h5,15H,2-4H2,1H3. The maximum absolute atomic E-state index is 13.2. The maximum atomic E-state index is 13.2. The Morgan fingerprint density at radius 1 is 1.33 bits per heavy atom. The first-order valence-corrected chi connectivity index (χ1v) is 4.47. The van der Waals surface area contributed by atoms with E-state index in [4.69, 9.17) is 5.11 Å². The molecule has 84 valence electrons. The highest BCUT2D eigenvalue weighted by Crippen LogP contribution is 2.18. The van der Waals surface area contributed by atoms with Crippen LogP contribution in [0.25, 0.3) is 0 Å². The largest absolute Gasteiger partial charge is 0.395 e. The van der Waals surface area contributed by atoms with Crippen molar-refractivity contribution in [1.82, 2.24) is 4.98 Å². The summed E-state index contributed by atoms with van der Waals surface area (Å²) in [6.07, 6.45) is 0. The van der Waals surface area contributed by atoms with Gasteiger partial charge in [-0.1, -0.05) is 0 Å². The van der Waals surface area contributed by atoms with Gasteiger partial charge in [0.05, 0.1) is 6.61 Å². The van der Waals surface area contributed by atoms with E-state index in [1.165, 1.54) is 4.90 Å². The molecule has 1 rings (SSSR count). The average Bonchev–Trinajstić information content (AvgIpc) is 2.20. The Morgan fingerprint density at radius 3 is 2.53 bits per heavy atom. The van der Waals surface area contributed by atoms with Crippen molar-refractivity contribution in [2.24, 2.45) is 0 Å². The third-order valence-electron chi connectivity index (χ3n) is 1.92. The number of hydrogen-bond donors (Lipinski definition) is 1. The molecule has 0 spiro atoms. The number of nitrogens with zero attached hydrogens (tertiary/aromatic N) is 2. The van der Waals surface area contributed by atoms with Gasteiger partial charge in [0.15, 0.2) is 17.5 Å². The molecule has 0 aliphatic carbocycles. The zero-order chi connectivity index (χ0) is 11.4. The van der Waals surface area contributed by atoms with Crippen molar-refractivity contribution in [3.8, 4) is 0 Å². The molecular weight excluding hydrogens is 209 g/mol. The zero-order valence-electron chi connectivity index (χ0n) is 8.17. The maximum Gasteiger partial charge on any atom is 0.251 e. The van der Waals surface area contributed by atoms with Gasteiger partial charge in [-0.15, -0.1) is 0 Å². The first-order chi connectivity index (χ1) is 7.10. The normalized spacial score (nSPS) is 10.5. The summed E-state index contributed by atoms with van der Waals surface area (Å²) in [5.41, 5.74) is 0. The molecule has 6 heteroatoms. The fourth-order valence-electron chi connectivity index (χ4n) is 1.19. The van der Waals surface area contributed by atoms with Crippen LogP contribution in [0.1, 0.15) is 6.92 Å². The van der Waals surface area contributed by atoms with E-state index in [0.717, 1.165) is 0 Å². The summed E-state index contributed by atoms with van der Waals surface area (Å²) in [6, 6.07) is 0.442. The fraction of sp³-hybridized carbons (Fsp3) is 0.444. The predicted octanol–water partition coefficient (Wildman–Crippen LogP) is 1.32. The predicted molar refractivity (Wildman–Crippen MR) is 49.1 cm³/mol. The van der Waals surface area contributed by atoms with Crippen LogP contribution in [0.15, 0.2) is 6.07 Å². The van der Waals surface area contributed by atoms with E-state index in [9.17, 15) is 13.2 Å². The van der Waals surface area contributed by atoms with Crippen molar-refractivity contribution < 1.29 is 18.3 Å². The third kappa shape index (κ3) is 2.59. The second-order valence-corrected chi connectivity index (χ2v) is 2.87. The molecular formula is C9H11F3N2O. The van der Waals surface area contributed by atoms with E-state index >= 15 is 0 Å². The van der Waals surface area contributed by atoms with Crippen molar-refractivity contribution in [1.29, 1.82) is 0 Å². The minimum Gasteiger partial charge on any atom is -0.395 e. The molecule has 3 nitrogen and oxygen atoms in total. The number of aliphatic hydroxyl groups is 1. The number of rotatable bonds is 4. The van der Waals surface area contributed by atoms with Crippen molar-refractivity contribution in [3.63, 3.8) is 0 Å². The first kappa shape index (κ1) is 11.8. The summed E-state index contributed by atoms with van der Waals surface area (Å²) in [4.78, 5) is 4.48. The van der Waals surface area contributed by atoms with Crippen molar-refractivity contribution >= 4 is 5.82 Å². The van der Waals surface area contributed by atoms with Gasteiger partial charge in [0, 0.05) is 19.2 Å². The summed E-state index contributed by atoms with van der Waals surface area (Å²) < 4.78 is 38.5. The Labute approximate surface area is 85.2 Å². The minimum atomic E-state index is -1.34. The van der Waals surface area contributed by atoms with Crippen LogP contribution >= 0.6 is 0 Å². The molecule has 0 unspecified atom stereocenters. The molecule has 0 bridgehead atoms. The van der Waals surface area contributed by atoms with E-state index in [1.807, 2.05) is 0 Å². The second kappa shape index (κ2) is 4.97. The van der Waals surface area contributed by atoms with Crippen LogP contribution in [0.2, 0.25) is 0 Å². The highest BCUT2D eigenvalue weighted by atomic mass is 19.2. The Morgan fingerprint density at radius 2 is 2.00 bits per heavy atom. The van der Waals surface area contributed by atoms with Crippen LogP contribution in [0.3, 0.4) is 0 Å². The van der Waals surface area contributed by atoms with E-state index in [2.05, 4.69) is 4.98 Å². The van der Waals surface area contributed by atoms with Crippen LogP contribution in [-0.4, -0.2) is 29.8 Å². The number of aromatic nitrogens is 1. The topological polar surface area (TPSA) is 36.4 Å². The van der Waals surface area contributed by atoms with Gasteiger partial charge >= 0.3 is 0 Å². The monoisotopic (exact) mass is 220 g/mol. The number of halogens is 3. The molecule has 0 radical (unpaired) electrons. The van der Waals surface area contributed by atoms with Crippen LogP contribution < -0.4 is 4.90 Å². The Balaban J connectivity index is 3.06. The minimum absolute atomic E-state index is 0.117. The van der Waals surface area contributed by atoms with Crippen molar-refractivity contribution in [2.75, 3.05) is 24.6 Å². The number of anilines is 1.